The summed E-state index contributed by atoms with van der Waals surface area (Å²) in [5, 5.41) is 3.79. The van der Waals surface area contributed by atoms with E-state index in [9.17, 15) is 4.39 Å². The Hall–Kier alpha value is -3.90. The van der Waals surface area contributed by atoms with Gasteiger partial charge in [-0.15, -0.1) is 0 Å². The number of hydrogen-bond acceptors (Lipinski definition) is 4. The second-order valence-electron chi connectivity index (χ2n) is 10.1. The Bertz CT molecular complexity index is 1550. The number of aliphatic imine (C=N–C) groups is 1. The van der Waals surface area contributed by atoms with Crippen molar-refractivity contribution in [2.45, 2.75) is 31.9 Å². The molecule has 4 aromatic rings. The van der Waals surface area contributed by atoms with Crippen LogP contribution in [0.3, 0.4) is 0 Å². The van der Waals surface area contributed by atoms with Gasteiger partial charge in [-0.2, -0.15) is 0 Å². The molecule has 1 heterocycles. The highest BCUT2D eigenvalue weighted by molar-refractivity contribution is 9.10. The van der Waals surface area contributed by atoms with Crippen LogP contribution in [0.4, 0.5) is 15.8 Å². The third-order valence-corrected chi connectivity index (χ3v) is 8.10. The molecule has 4 nitrogen and oxygen atoms in total. The minimum atomic E-state index is -0.269. The summed E-state index contributed by atoms with van der Waals surface area (Å²) in [7, 11) is 0. The summed E-state index contributed by atoms with van der Waals surface area (Å²) in [5.74, 6) is 1.94. The molecule has 0 radical (unpaired) electrons. The van der Waals surface area contributed by atoms with Gasteiger partial charge in [0.15, 0.2) is 11.5 Å². The molecule has 0 aromatic heterocycles. The Morgan fingerprint density at radius 3 is 2.60 bits per heavy atom. The maximum absolute atomic E-state index is 13.2. The van der Waals surface area contributed by atoms with Crippen LogP contribution in [0.25, 0.3) is 0 Å². The number of fused-ring (bicyclic) bond motifs is 3. The van der Waals surface area contributed by atoms with Crippen LogP contribution in [0.15, 0.2) is 107 Å². The van der Waals surface area contributed by atoms with E-state index < -0.39 is 0 Å². The van der Waals surface area contributed by atoms with Gasteiger partial charge in [0.05, 0.1) is 22.8 Å². The molecule has 40 heavy (non-hydrogen) atoms. The van der Waals surface area contributed by atoms with Crippen molar-refractivity contribution in [1.82, 2.24) is 0 Å². The van der Waals surface area contributed by atoms with Gasteiger partial charge in [-0.1, -0.05) is 54.6 Å². The van der Waals surface area contributed by atoms with Gasteiger partial charge >= 0.3 is 0 Å². The van der Waals surface area contributed by atoms with E-state index in [1.165, 1.54) is 28.9 Å². The molecule has 0 spiro atoms. The maximum atomic E-state index is 13.2. The first-order valence-electron chi connectivity index (χ1n) is 13.6. The SMILES string of the molecule is CCOc1cc(C=Nc2ccc([C@@H]3Nc4ccccc4[C@H]4C=CC[C@@H]43)cc2)cc(Br)c1OCc1ccc(F)cc1. The lowest BCUT2D eigenvalue weighted by molar-refractivity contribution is 0.267. The summed E-state index contributed by atoms with van der Waals surface area (Å²) in [6.45, 7) is 2.74. The van der Waals surface area contributed by atoms with Crippen molar-refractivity contribution in [3.63, 3.8) is 0 Å². The van der Waals surface area contributed by atoms with Gasteiger partial charge in [0, 0.05) is 17.8 Å². The number of allylic oxidation sites excluding steroid dienone is 2. The zero-order chi connectivity index (χ0) is 27.5. The summed E-state index contributed by atoms with van der Waals surface area (Å²) in [6, 6.07) is 27.6. The van der Waals surface area contributed by atoms with Gasteiger partial charge in [-0.3, -0.25) is 4.99 Å². The summed E-state index contributed by atoms with van der Waals surface area (Å²) in [4.78, 5) is 4.73. The van der Waals surface area contributed by atoms with Gasteiger partial charge in [-0.25, -0.2) is 4.39 Å². The number of nitrogens with one attached hydrogen (secondary N) is 1. The first kappa shape index (κ1) is 26.3. The highest BCUT2D eigenvalue weighted by Gasteiger charge is 2.37. The Balaban J connectivity index is 1.17. The molecule has 0 unspecified atom stereocenters. The Kier molecular flexibility index (Phi) is 7.69. The number of halogens is 2. The summed E-state index contributed by atoms with van der Waals surface area (Å²) >= 11 is 3.63. The number of ether oxygens (including phenoxy) is 2. The molecule has 0 bridgehead atoms. The molecule has 0 saturated heterocycles. The molecular formula is C34H30BrFN2O2. The van der Waals surface area contributed by atoms with E-state index in [-0.39, 0.29) is 11.9 Å². The fraction of sp³-hybridized carbons (Fsp3) is 0.206. The highest BCUT2D eigenvalue weighted by atomic mass is 79.9. The third kappa shape index (κ3) is 5.54. The van der Waals surface area contributed by atoms with Crippen LogP contribution in [0.2, 0.25) is 0 Å². The van der Waals surface area contributed by atoms with Gasteiger partial charge in [0.25, 0.3) is 0 Å². The average Bonchev–Trinajstić information content (AvgIpc) is 3.47. The lowest BCUT2D eigenvalue weighted by Gasteiger charge is -2.37. The Morgan fingerprint density at radius 1 is 1.00 bits per heavy atom. The standard InChI is InChI=1S/C34H30BrFN2O2/c1-2-39-32-19-23(18-30(35)34(32)40-21-22-10-14-25(36)15-11-22)20-37-26-16-12-24(13-17-26)33-29-8-5-7-27(29)28-6-3-4-9-31(28)38-33/h3-7,9-20,27,29,33,38H,2,8,21H2,1H3/t27-,29+,33+/m1/s1. The molecule has 1 aliphatic heterocycles. The van der Waals surface area contributed by atoms with E-state index in [1.807, 2.05) is 25.3 Å². The van der Waals surface area contributed by atoms with Gasteiger partial charge in [0.2, 0.25) is 0 Å². The topological polar surface area (TPSA) is 42.8 Å². The van der Waals surface area contributed by atoms with Crippen LogP contribution < -0.4 is 14.8 Å². The van der Waals surface area contributed by atoms with Crippen LogP contribution in [-0.2, 0) is 6.61 Å². The van der Waals surface area contributed by atoms with E-state index in [1.54, 1.807) is 12.1 Å². The molecule has 0 fully saturated rings. The molecule has 3 atom stereocenters. The third-order valence-electron chi connectivity index (χ3n) is 7.52. The lowest BCUT2D eigenvalue weighted by atomic mass is 9.77. The molecule has 0 amide bonds. The smallest absolute Gasteiger partial charge is 0.175 e. The number of anilines is 1. The molecule has 6 heteroatoms. The maximum Gasteiger partial charge on any atom is 0.175 e. The average molecular weight is 598 g/mol. The van der Waals surface area contributed by atoms with Crippen LogP contribution in [0.5, 0.6) is 11.5 Å². The van der Waals surface area contributed by atoms with Crippen LogP contribution in [0.1, 0.15) is 47.6 Å². The molecule has 1 N–H and O–H groups in total. The van der Waals surface area contributed by atoms with Crippen molar-refractivity contribution in [3.05, 3.63) is 130 Å². The van der Waals surface area contributed by atoms with Crippen molar-refractivity contribution < 1.29 is 13.9 Å². The fourth-order valence-corrected chi connectivity index (χ4v) is 6.17. The van der Waals surface area contributed by atoms with Crippen LogP contribution in [-0.4, -0.2) is 12.8 Å². The number of para-hydroxylation sites is 1. The predicted molar refractivity (Wildman–Crippen MR) is 163 cm³/mol. The van der Waals surface area contributed by atoms with E-state index in [4.69, 9.17) is 14.5 Å². The zero-order valence-electron chi connectivity index (χ0n) is 22.2. The summed E-state index contributed by atoms with van der Waals surface area (Å²) in [5.41, 5.74) is 6.53. The molecule has 202 valence electrons. The van der Waals surface area contributed by atoms with Gasteiger partial charge in [0.1, 0.15) is 12.4 Å². The minimum absolute atomic E-state index is 0.264. The first-order valence-corrected chi connectivity index (χ1v) is 14.4. The zero-order valence-corrected chi connectivity index (χ0v) is 23.8. The molecule has 4 aromatic carbocycles. The van der Waals surface area contributed by atoms with Crippen LogP contribution in [0, 0.1) is 11.7 Å². The molecule has 2 aliphatic rings. The fourth-order valence-electron chi connectivity index (χ4n) is 5.59. The Labute approximate surface area is 242 Å². The molecular weight excluding hydrogens is 567 g/mol. The van der Waals surface area contributed by atoms with Crippen molar-refractivity contribution in [2.75, 3.05) is 11.9 Å². The molecule has 6 rings (SSSR count). The second-order valence-corrected chi connectivity index (χ2v) is 10.9. The van der Waals surface area contributed by atoms with Crippen molar-refractivity contribution in [3.8, 4) is 11.5 Å². The number of benzene rings is 4. The highest BCUT2D eigenvalue weighted by Crippen LogP contribution is 2.49. The Morgan fingerprint density at radius 2 is 1.80 bits per heavy atom. The number of hydrogen-bond donors (Lipinski definition) is 1. The van der Waals surface area contributed by atoms with E-state index in [0.29, 0.717) is 36.5 Å². The molecule has 0 saturated carbocycles. The second kappa shape index (κ2) is 11.7. The van der Waals surface area contributed by atoms with Crippen molar-refractivity contribution in [2.24, 2.45) is 10.9 Å². The predicted octanol–water partition coefficient (Wildman–Crippen LogP) is 9.14. The van der Waals surface area contributed by atoms with Gasteiger partial charge < -0.3 is 14.8 Å². The number of rotatable bonds is 8. The van der Waals surface area contributed by atoms with Gasteiger partial charge in [-0.05, 0) is 99.9 Å². The monoisotopic (exact) mass is 596 g/mol. The summed E-state index contributed by atoms with van der Waals surface area (Å²) in [6.07, 6.45) is 7.59. The number of nitrogens with zero attached hydrogens (tertiary/aromatic N) is 1. The first-order chi connectivity index (χ1) is 19.6. The van der Waals surface area contributed by atoms with Crippen LogP contribution >= 0.6 is 15.9 Å². The molecule has 1 aliphatic carbocycles. The minimum Gasteiger partial charge on any atom is -0.490 e. The summed E-state index contributed by atoms with van der Waals surface area (Å²) < 4.78 is 25.9. The van der Waals surface area contributed by atoms with E-state index in [0.717, 1.165) is 27.7 Å². The normalized spacial score (nSPS) is 19.2. The van der Waals surface area contributed by atoms with Crippen molar-refractivity contribution >= 4 is 33.5 Å². The largest absolute Gasteiger partial charge is 0.490 e. The lowest BCUT2D eigenvalue weighted by Crippen LogP contribution is -2.28. The van der Waals surface area contributed by atoms with Crippen molar-refractivity contribution in [1.29, 1.82) is 0 Å². The quantitative estimate of drug-likeness (QED) is 0.163. The van der Waals surface area contributed by atoms with E-state index in [2.05, 4.69) is 81.9 Å². The van der Waals surface area contributed by atoms with E-state index >= 15 is 0 Å².